The number of nitrogens with zero attached hydrogens (tertiary/aromatic N) is 7. The van der Waals surface area contributed by atoms with Gasteiger partial charge in [-0.25, -0.2) is 4.98 Å². The number of amides is 1. The Morgan fingerprint density at radius 1 is 1.30 bits per heavy atom. The van der Waals surface area contributed by atoms with E-state index in [1.54, 1.807) is 16.2 Å². The molecule has 1 fully saturated rings. The van der Waals surface area contributed by atoms with E-state index >= 15 is 0 Å². The molecule has 0 aliphatic carbocycles. The predicted octanol–water partition coefficient (Wildman–Crippen LogP) is 1.28. The molecule has 0 aromatic carbocycles. The minimum atomic E-state index is -0.677. The van der Waals surface area contributed by atoms with Crippen LogP contribution in [0.25, 0.3) is 0 Å². The quantitative estimate of drug-likeness (QED) is 0.556. The van der Waals surface area contributed by atoms with Crippen molar-refractivity contribution in [3.05, 3.63) is 32.5 Å². The fourth-order valence-corrected chi connectivity index (χ4v) is 3.69. The molecule has 0 unspecified atom stereocenters. The summed E-state index contributed by atoms with van der Waals surface area (Å²) < 4.78 is 1.20. The number of nitro groups is 1. The number of hydrogen-bond acceptors (Lipinski definition) is 8. The van der Waals surface area contributed by atoms with Crippen molar-refractivity contribution in [3.8, 4) is 0 Å². The second-order valence-electron chi connectivity index (χ2n) is 7.55. The molecule has 27 heavy (non-hydrogen) atoms. The van der Waals surface area contributed by atoms with E-state index in [0.29, 0.717) is 13.1 Å². The monoisotopic (exact) mass is 393 g/mol. The van der Waals surface area contributed by atoms with Gasteiger partial charge in [-0.2, -0.15) is 4.68 Å². The highest BCUT2D eigenvalue weighted by Gasteiger charge is 2.24. The first-order chi connectivity index (χ1) is 12.7. The number of thiazole rings is 1. The third kappa shape index (κ3) is 4.86. The molecular formula is C16H23N7O3S. The summed E-state index contributed by atoms with van der Waals surface area (Å²) in [6, 6.07) is 0. The van der Waals surface area contributed by atoms with Gasteiger partial charge in [0.25, 0.3) is 0 Å². The maximum Gasteiger partial charge on any atom is 0.490 e. The summed E-state index contributed by atoms with van der Waals surface area (Å²) in [5, 5.41) is 17.5. The molecule has 1 aliphatic heterocycles. The van der Waals surface area contributed by atoms with Crippen molar-refractivity contribution >= 4 is 23.2 Å². The highest BCUT2D eigenvalue weighted by atomic mass is 32.1. The lowest BCUT2D eigenvalue weighted by Crippen LogP contribution is -2.49. The molecule has 1 amide bonds. The van der Waals surface area contributed by atoms with Crippen LogP contribution in [-0.4, -0.2) is 66.6 Å². The predicted molar refractivity (Wildman–Crippen MR) is 99.3 cm³/mol. The molecule has 2 aromatic heterocycles. The van der Waals surface area contributed by atoms with Gasteiger partial charge in [0.1, 0.15) is 6.54 Å². The lowest BCUT2D eigenvalue weighted by molar-refractivity contribution is -0.394. The number of carbonyl (C=O) groups excluding carboxylic acids is 1. The van der Waals surface area contributed by atoms with Gasteiger partial charge in [0.05, 0.1) is 10.7 Å². The van der Waals surface area contributed by atoms with Crippen LogP contribution in [0, 0.1) is 10.1 Å². The van der Waals surface area contributed by atoms with E-state index in [2.05, 4.69) is 41.1 Å². The number of carbonyl (C=O) groups is 1. The zero-order valence-corrected chi connectivity index (χ0v) is 16.5. The Kier molecular flexibility index (Phi) is 5.51. The van der Waals surface area contributed by atoms with Crippen LogP contribution in [0.1, 0.15) is 31.5 Å². The maximum atomic E-state index is 12.4. The molecule has 0 spiro atoms. The van der Waals surface area contributed by atoms with Gasteiger partial charge >= 0.3 is 5.95 Å². The van der Waals surface area contributed by atoms with Gasteiger partial charge in [-0.1, -0.05) is 25.8 Å². The van der Waals surface area contributed by atoms with Gasteiger partial charge in [-0.05, 0) is 4.92 Å². The number of rotatable bonds is 5. The van der Waals surface area contributed by atoms with E-state index in [-0.39, 0.29) is 17.9 Å². The van der Waals surface area contributed by atoms with Crippen LogP contribution in [0.4, 0.5) is 5.95 Å². The summed E-state index contributed by atoms with van der Waals surface area (Å²) in [4.78, 5) is 34.6. The van der Waals surface area contributed by atoms with Crippen molar-refractivity contribution in [2.75, 3.05) is 26.2 Å². The molecule has 0 N–H and O–H groups in total. The minimum Gasteiger partial charge on any atom is -0.390 e. The van der Waals surface area contributed by atoms with Crippen molar-refractivity contribution in [2.45, 2.75) is 39.3 Å². The Bertz CT molecular complexity index is 818. The Morgan fingerprint density at radius 2 is 2.00 bits per heavy atom. The molecule has 0 bridgehead atoms. The molecule has 146 valence electrons. The number of aromatic nitrogens is 4. The molecule has 3 rings (SSSR count). The van der Waals surface area contributed by atoms with E-state index in [1.165, 1.54) is 11.0 Å². The lowest BCUT2D eigenvalue weighted by atomic mass is 9.98. The largest absolute Gasteiger partial charge is 0.490 e. The van der Waals surface area contributed by atoms with Crippen molar-refractivity contribution in [2.24, 2.45) is 0 Å². The molecular weight excluding hydrogens is 370 g/mol. The Balaban J connectivity index is 1.48. The second-order valence-corrected chi connectivity index (χ2v) is 8.41. The SMILES string of the molecule is CC(C)(C)c1nc(CN2CCN(C(=O)Cn3cnc([N+](=O)[O-])n3)CC2)cs1. The Morgan fingerprint density at radius 3 is 2.56 bits per heavy atom. The zero-order valence-electron chi connectivity index (χ0n) is 15.7. The number of piperazine rings is 1. The van der Waals surface area contributed by atoms with Gasteiger partial charge in [0.2, 0.25) is 12.2 Å². The molecule has 0 radical (unpaired) electrons. The fourth-order valence-electron chi connectivity index (χ4n) is 2.79. The maximum absolute atomic E-state index is 12.4. The summed E-state index contributed by atoms with van der Waals surface area (Å²) in [5.74, 6) is -0.608. The van der Waals surface area contributed by atoms with Crippen molar-refractivity contribution < 1.29 is 9.72 Å². The van der Waals surface area contributed by atoms with E-state index in [4.69, 9.17) is 4.98 Å². The topological polar surface area (TPSA) is 110 Å². The normalized spacial score (nSPS) is 15.9. The van der Waals surface area contributed by atoms with Gasteiger partial charge in [0.15, 0.2) is 0 Å². The van der Waals surface area contributed by atoms with Gasteiger partial charge in [-0.3, -0.25) is 9.69 Å². The van der Waals surface area contributed by atoms with E-state index < -0.39 is 10.9 Å². The van der Waals surface area contributed by atoms with Crippen molar-refractivity contribution in [1.29, 1.82) is 0 Å². The highest BCUT2D eigenvalue weighted by Crippen LogP contribution is 2.26. The van der Waals surface area contributed by atoms with Crippen LogP contribution < -0.4 is 0 Å². The Labute approximate surface area is 161 Å². The van der Waals surface area contributed by atoms with Gasteiger partial charge < -0.3 is 15.0 Å². The average molecular weight is 393 g/mol. The molecule has 10 nitrogen and oxygen atoms in total. The first-order valence-corrected chi connectivity index (χ1v) is 9.59. The second kappa shape index (κ2) is 7.69. The first-order valence-electron chi connectivity index (χ1n) is 8.71. The number of hydrogen-bond donors (Lipinski definition) is 0. The van der Waals surface area contributed by atoms with Crippen LogP contribution in [0.2, 0.25) is 0 Å². The molecule has 2 aromatic rings. The molecule has 3 heterocycles. The van der Waals surface area contributed by atoms with E-state index in [9.17, 15) is 14.9 Å². The molecule has 0 saturated carbocycles. The van der Waals surface area contributed by atoms with E-state index in [1.807, 2.05) is 0 Å². The smallest absolute Gasteiger partial charge is 0.390 e. The molecule has 1 saturated heterocycles. The summed E-state index contributed by atoms with van der Waals surface area (Å²) in [7, 11) is 0. The van der Waals surface area contributed by atoms with Crippen molar-refractivity contribution in [1.82, 2.24) is 29.5 Å². The van der Waals surface area contributed by atoms with Crippen LogP contribution in [0.5, 0.6) is 0 Å². The zero-order chi connectivity index (χ0) is 19.6. The van der Waals surface area contributed by atoms with Gasteiger partial charge in [-0.15, -0.1) is 11.3 Å². The third-order valence-corrected chi connectivity index (χ3v) is 5.61. The summed E-state index contributed by atoms with van der Waals surface area (Å²) >= 11 is 1.69. The Hall–Kier alpha value is -2.40. The summed E-state index contributed by atoms with van der Waals surface area (Å²) in [6.45, 7) is 9.98. The highest BCUT2D eigenvalue weighted by molar-refractivity contribution is 7.09. The van der Waals surface area contributed by atoms with E-state index in [0.717, 1.165) is 30.3 Å². The molecule has 11 heteroatoms. The lowest BCUT2D eigenvalue weighted by Gasteiger charge is -2.34. The summed E-state index contributed by atoms with van der Waals surface area (Å²) in [5.41, 5.74) is 1.13. The summed E-state index contributed by atoms with van der Waals surface area (Å²) in [6.07, 6.45) is 1.21. The fraction of sp³-hybridized carbons (Fsp3) is 0.625. The third-order valence-electron chi connectivity index (χ3n) is 4.29. The van der Waals surface area contributed by atoms with Crippen LogP contribution >= 0.6 is 11.3 Å². The van der Waals surface area contributed by atoms with Crippen LogP contribution in [0.15, 0.2) is 11.7 Å². The molecule has 0 atom stereocenters. The average Bonchev–Trinajstić information content (AvgIpc) is 3.24. The standard InChI is InChI=1S/C16H23N7O3S/c1-16(2,3)14-18-12(10-27-14)8-20-4-6-21(7-5-20)13(24)9-22-11-17-15(19-22)23(25)26/h10-11H,4-9H2,1-3H3. The van der Waals surface area contributed by atoms with Gasteiger partial charge in [0, 0.05) is 48.6 Å². The minimum absolute atomic E-state index is 0.0398. The van der Waals surface area contributed by atoms with Crippen LogP contribution in [-0.2, 0) is 23.3 Å². The molecule has 1 aliphatic rings. The van der Waals surface area contributed by atoms with Crippen molar-refractivity contribution in [3.63, 3.8) is 0 Å². The van der Waals surface area contributed by atoms with Crippen LogP contribution in [0.3, 0.4) is 0 Å². The first kappa shape index (κ1) is 19.4.